The summed E-state index contributed by atoms with van der Waals surface area (Å²) in [5.74, 6) is -2.23. The highest BCUT2D eigenvalue weighted by molar-refractivity contribution is 5.72. The summed E-state index contributed by atoms with van der Waals surface area (Å²) in [5.41, 5.74) is 0. The van der Waals surface area contributed by atoms with Gasteiger partial charge in [-0.2, -0.15) is 5.06 Å². The molecule has 0 saturated carbocycles. The summed E-state index contributed by atoms with van der Waals surface area (Å²) in [6, 6.07) is 0. The maximum absolute atomic E-state index is 10.2. The molecule has 0 aliphatic heterocycles. The normalized spacial score (nSPS) is 10.3. The van der Waals surface area contributed by atoms with Gasteiger partial charge >= 0.3 is 11.9 Å². The Morgan fingerprint density at radius 3 is 2.00 bits per heavy atom. The van der Waals surface area contributed by atoms with Crippen LogP contribution in [0.25, 0.3) is 0 Å². The second-order valence-electron chi connectivity index (χ2n) is 2.42. The molecule has 0 unspecified atom stereocenters. The Labute approximate surface area is 75.7 Å². The van der Waals surface area contributed by atoms with Gasteiger partial charge in [0.15, 0.2) is 0 Å². The lowest BCUT2D eigenvalue weighted by molar-refractivity contribution is -0.184. The second kappa shape index (κ2) is 6.38. The molecule has 13 heavy (non-hydrogen) atoms. The SMILES string of the molecule is CCCON(CC(=O)O)CC(=O)O. The Balaban J connectivity index is 3.87. The van der Waals surface area contributed by atoms with Crippen molar-refractivity contribution in [1.29, 1.82) is 0 Å². The first kappa shape index (κ1) is 11.9. The molecule has 0 bridgehead atoms. The molecule has 0 aliphatic carbocycles. The highest BCUT2D eigenvalue weighted by Crippen LogP contribution is 1.92. The lowest BCUT2D eigenvalue weighted by Gasteiger charge is -2.16. The van der Waals surface area contributed by atoms with E-state index in [2.05, 4.69) is 0 Å². The fraction of sp³-hybridized carbons (Fsp3) is 0.714. The molecule has 6 heteroatoms. The molecule has 6 nitrogen and oxygen atoms in total. The van der Waals surface area contributed by atoms with Crippen LogP contribution in [0.15, 0.2) is 0 Å². The lowest BCUT2D eigenvalue weighted by Crippen LogP contribution is -2.34. The summed E-state index contributed by atoms with van der Waals surface area (Å²) in [6.45, 7) is 1.32. The fourth-order valence-corrected chi connectivity index (χ4v) is 0.669. The number of rotatable bonds is 7. The van der Waals surface area contributed by atoms with Crippen LogP contribution in [0.1, 0.15) is 13.3 Å². The molecule has 0 aromatic carbocycles. The molecule has 0 aliphatic rings. The molecule has 0 radical (unpaired) electrons. The van der Waals surface area contributed by atoms with E-state index in [1.54, 1.807) is 0 Å². The van der Waals surface area contributed by atoms with Crippen molar-refractivity contribution in [2.75, 3.05) is 19.7 Å². The topological polar surface area (TPSA) is 87.1 Å². The minimum Gasteiger partial charge on any atom is -0.480 e. The zero-order valence-electron chi connectivity index (χ0n) is 7.39. The number of carboxylic acids is 2. The van der Waals surface area contributed by atoms with Gasteiger partial charge in [-0.05, 0) is 6.42 Å². The van der Waals surface area contributed by atoms with Crippen LogP contribution in [0.3, 0.4) is 0 Å². The average Bonchev–Trinajstić information content (AvgIpc) is 1.98. The maximum Gasteiger partial charge on any atom is 0.320 e. The van der Waals surface area contributed by atoms with E-state index in [0.717, 1.165) is 5.06 Å². The van der Waals surface area contributed by atoms with E-state index in [-0.39, 0.29) is 0 Å². The molecule has 0 saturated heterocycles. The summed E-state index contributed by atoms with van der Waals surface area (Å²) < 4.78 is 0. The van der Waals surface area contributed by atoms with Crippen molar-refractivity contribution in [3.8, 4) is 0 Å². The van der Waals surface area contributed by atoms with Gasteiger partial charge in [-0.1, -0.05) is 6.92 Å². The van der Waals surface area contributed by atoms with Crippen LogP contribution in [0, 0.1) is 0 Å². The predicted molar refractivity (Wildman–Crippen MR) is 43.1 cm³/mol. The van der Waals surface area contributed by atoms with E-state index in [1.807, 2.05) is 6.92 Å². The predicted octanol–water partition coefficient (Wildman–Crippen LogP) is -0.201. The second-order valence-corrected chi connectivity index (χ2v) is 2.42. The third kappa shape index (κ3) is 7.23. The molecular weight excluding hydrogens is 178 g/mol. The summed E-state index contributed by atoms with van der Waals surface area (Å²) in [4.78, 5) is 25.4. The first-order chi connectivity index (χ1) is 6.06. The third-order valence-corrected chi connectivity index (χ3v) is 1.10. The standard InChI is InChI=1S/C7H13NO5/c1-2-3-13-8(4-6(9)10)5-7(11)12/h2-5H2,1H3,(H,9,10)(H,11,12). The molecule has 0 amide bonds. The van der Waals surface area contributed by atoms with E-state index in [9.17, 15) is 9.59 Å². The van der Waals surface area contributed by atoms with Gasteiger partial charge < -0.3 is 10.2 Å². The van der Waals surface area contributed by atoms with Gasteiger partial charge in [0.1, 0.15) is 13.1 Å². The van der Waals surface area contributed by atoms with Crippen LogP contribution >= 0.6 is 0 Å². The van der Waals surface area contributed by atoms with E-state index < -0.39 is 25.0 Å². The average molecular weight is 191 g/mol. The van der Waals surface area contributed by atoms with E-state index in [1.165, 1.54) is 0 Å². The summed E-state index contributed by atoms with van der Waals surface area (Å²) in [5, 5.41) is 17.7. The number of hydrogen-bond donors (Lipinski definition) is 2. The van der Waals surface area contributed by atoms with Crippen molar-refractivity contribution in [1.82, 2.24) is 5.06 Å². The highest BCUT2D eigenvalue weighted by Gasteiger charge is 2.13. The van der Waals surface area contributed by atoms with Crippen molar-refractivity contribution >= 4 is 11.9 Å². The molecule has 0 atom stereocenters. The van der Waals surface area contributed by atoms with Gasteiger partial charge in [0, 0.05) is 0 Å². The molecule has 0 aromatic heterocycles. The number of carbonyl (C=O) groups is 2. The zero-order chi connectivity index (χ0) is 10.3. The van der Waals surface area contributed by atoms with Crippen molar-refractivity contribution < 1.29 is 24.6 Å². The van der Waals surface area contributed by atoms with Crippen LogP contribution < -0.4 is 0 Å². The van der Waals surface area contributed by atoms with Gasteiger partial charge in [0.25, 0.3) is 0 Å². The van der Waals surface area contributed by atoms with Gasteiger partial charge in [0.2, 0.25) is 0 Å². The largest absolute Gasteiger partial charge is 0.480 e. The Morgan fingerprint density at radius 1 is 1.23 bits per heavy atom. The fourth-order valence-electron chi connectivity index (χ4n) is 0.669. The molecule has 2 N–H and O–H groups in total. The first-order valence-electron chi connectivity index (χ1n) is 3.87. The van der Waals surface area contributed by atoms with Gasteiger partial charge in [-0.25, -0.2) is 0 Å². The molecule has 76 valence electrons. The van der Waals surface area contributed by atoms with Crippen LogP contribution in [0.4, 0.5) is 0 Å². The van der Waals surface area contributed by atoms with Crippen molar-refractivity contribution in [2.45, 2.75) is 13.3 Å². The molecule has 0 fully saturated rings. The van der Waals surface area contributed by atoms with E-state index in [0.29, 0.717) is 13.0 Å². The maximum atomic E-state index is 10.2. The van der Waals surface area contributed by atoms with Crippen molar-refractivity contribution in [3.63, 3.8) is 0 Å². The van der Waals surface area contributed by atoms with Crippen LogP contribution in [0.2, 0.25) is 0 Å². The van der Waals surface area contributed by atoms with Crippen molar-refractivity contribution in [2.24, 2.45) is 0 Å². The summed E-state index contributed by atoms with van der Waals surface area (Å²) >= 11 is 0. The van der Waals surface area contributed by atoms with Crippen LogP contribution in [0.5, 0.6) is 0 Å². The van der Waals surface area contributed by atoms with Gasteiger partial charge in [-0.15, -0.1) is 0 Å². The Bertz CT molecular complexity index is 166. The number of hydrogen-bond acceptors (Lipinski definition) is 4. The number of aliphatic carboxylic acids is 2. The van der Waals surface area contributed by atoms with Gasteiger partial charge in [0.05, 0.1) is 6.61 Å². The molecule has 0 spiro atoms. The number of hydroxylamine groups is 2. The Morgan fingerprint density at radius 2 is 1.69 bits per heavy atom. The minimum absolute atomic E-state index is 0.320. The number of nitrogens with zero attached hydrogens (tertiary/aromatic N) is 1. The monoisotopic (exact) mass is 191 g/mol. The molecule has 0 heterocycles. The molecular formula is C7H13NO5. The summed E-state index contributed by atoms with van der Waals surface area (Å²) in [7, 11) is 0. The smallest absolute Gasteiger partial charge is 0.320 e. The third-order valence-electron chi connectivity index (χ3n) is 1.10. The quantitative estimate of drug-likeness (QED) is 0.542. The van der Waals surface area contributed by atoms with E-state index in [4.69, 9.17) is 15.1 Å². The van der Waals surface area contributed by atoms with Crippen molar-refractivity contribution in [3.05, 3.63) is 0 Å². The van der Waals surface area contributed by atoms with Crippen LogP contribution in [-0.2, 0) is 14.4 Å². The zero-order valence-corrected chi connectivity index (χ0v) is 7.39. The van der Waals surface area contributed by atoms with Gasteiger partial charge in [-0.3, -0.25) is 14.4 Å². The Kier molecular flexibility index (Phi) is 5.82. The summed E-state index contributed by atoms with van der Waals surface area (Å²) in [6.07, 6.45) is 0.704. The molecule has 0 rings (SSSR count). The molecule has 0 aromatic rings. The lowest BCUT2D eigenvalue weighted by atomic mass is 10.5. The number of carboxylic acid groups (broad SMARTS) is 2. The first-order valence-corrected chi connectivity index (χ1v) is 3.87. The van der Waals surface area contributed by atoms with Crippen LogP contribution in [-0.4, -0.2) is 46.9 Å². The highest BCUT2D eigenvalue weighted by atomic mass is 16.7. The minimum atomic E-state index is -1.11. The Hall–Kier alpha value is -1.14. The van der Waals surface area contributed by atoms with E-state index >= 15 is 0 Å².